The van der Waals surface area contributed by atoms with Crippen LogP contribution in [0.4, 0.5) is 0 Å². The molecule has 0 radical (unpaired) electrons. The molecule has 2 rings (SSSR count). The van der Waals surface area contributed by atoms with E-state index >= 15 is 0 Å². The number of guanidine groups is 1. The van der Waals surface area contributed by atoms with Gasteiger partial charge in [-0.05, 0) is 43.5 Å². The van der Waals surface area contributed by atoms with Crippen LogP contribution in [0.1, 0.15) is 37.0 Å². The van der Waals surface area contributed by atoms with Crippen molar-refractivity contribution < 1.29 is 9.47 Å². The molecular weight excluding hydrogens is 467 g/mol. The van der Waals surface area contributed by atoms with E-state index in [2.05, 4.69) is 59.6 Å². The number of hydrogen-bond acceptors (Lipinski definition) is 4. The van der Waals surface area contributed by atoms with Gasteiger partial charge in [-0.25, -0.2) is 4.98 Å². The average Bonchev–Trinajstić information content (AvgIpc) is 2.69. The Kier molecular flexibility index (Phi) is 10.7. The molecule has 1 atom stereocenters. The molecule has 154 valence electrons. The van der Waals surface area contributed by atoms with E-state index in [-0.39, 0.29) is 30.1 Å². The van der Waals surface area contributed by atoms with Crippen LogP contribution in [0.2, 0.25) is 0 Å². The zero-order valence-corrected chi connectivity index (χ0v) is 19.6. The van der Waals surface area contributed by atoms with E-state index in [0.717, 1.165) is 29.3 Å². The van der Waals surface area contributed by atoms with E-state index < -0.39 is 0 Å². The summed E-state index contributed by atoms with van der Waals surface area (Å²) in [6.45, 7) is 7.54. The number of halogens is 1. The van der Waals surface area contributed by atoms with Gasteiger partial charge in [-0.15, -0.1) is 24.0 Å². The van der Waals surface area contributed by atoms with Crippen LogP contribution < -0.4 is 20.1 Å². The van der Waals surface area contributed by atoms with Crippen LogP contribution in [0.5, 0.6) is 11.6 Å². The smallest absolute Gasteiger partial charge is 0.213 e. The summed E-state index contributed by atoms with van der Waals surface area (Å²) in [5.41, 5.74) is 3.36. The van der Waals surface area contributed by atoms with Crippen molar-refractivity contribution in [2.75, 3.05) is 14.2 Å². The fourth-order valence-electron chi connectivity index (χ4n) is 2.47. The Hall–Kier alpha value is -2.03. The van der Waals surface area contributed by atoms with Crippen molar-refractivity contribution in [1.82, 2.24) is 15.6 Å². The van der Waals surface area contributed by atoms with Crippen LogP contribution in [0.3, 0.4) is 0 Å². The molecule has 0 saturated carbocycles. The lowest BCUT2D eigenvalue weighted by atomic mass is 10.1. The number of rotatable bonds is 8. The minimum atomic E-state index is 0. The SMILES string of the molecule is CCC(C)Oc1cc(C)ccc1CNC(=NC)NCc1ccnc(OC)c1.I. The zero-order chi connectivity index (χ0) is 19.6. The predicted octanol–water partition coefficient (Wildman–Crippen LogP) is 4.06. The van der Waals surface area contributed by atoms with Gasteiger partial charge in [0.15, 0.2) is 5.96 Å². The van der Waals surface area contributed by atoms with Gasteiger partial charge in [0.2, 0.25) is 5.88 Å². The number of ether oxygens (including phenoxy) is 2. The van der Waals surface area contributed by atoms with Gasteiger partial charge in [0.1, 0.15) is 5.75 Å². The fourth-order valence-corrected chi connectivity index (χ4v) is 2.47. The Morgan fingerprint density at radius 3 is 2.61 bits per heavy atom. The summed E-state index contributed by atoms with van der Waals surface area (Å²) < 4.78 is 11.2. The molecule has 0 aliphatic carbocycles. The van der Waals surface area contributed by atoms with Crippen LogP contribution in [0.15, 0.2) is 41.5 Å². The molecule has 0 aliphatic heterocycles. The molecule has 1 unspecified atom stereocenters. The van der Waals surface area contributed by atoms with Crippen LogP contribution in [-0.2, 0) is 13.1 Å². The fraction of sp³-hybridized carbons (Fsp3) is 0.429. The molecule has 0 saturated heterocycles. The first-order chi connectivity index (χ1) is 13.0. The van der Waals surface area contributed by atoms with Gasteiger partial charge in [-0.1, -0.05) is 19.1 Å². The third kappa shape index (κ3) is 7.53. The maximum atomic E-state index is 6.08. The number of hydrogen-bond donors (Lipinski definition) is 2. The number of nitrogens with zero attached hydrogens (tertiary/aromatic N) is 2. The molecule has 0 fully saturated rings. The van der Waals surface area contributed by atoms with Gasteiger partial charge < -0.3 is 20.1 Å². The lowest BCUT2D eigenvalue weighted by Gasteiger charge is -2.18. The van der Waals surface area contributed by atoms with Crippen molar-refractivity contribution in [1.29, 1.82) is 0 Å². The van der Waals surface area contributed by atoms with Crippen molar-refractivity contribution >= 4 is 29.9 Å². The number of benzene rings is 1. The second-order valence-electron chi connectivity index (χ2n) is 6.43. The largest absolute Gasteiger partial charge is 0.490 e. The van der Waals surface area contributed by atoms with E-state index in [1.54, 1.807) is 20.4 Å². The summed E-state index contributed by atoms with van der Waals surface area (Å²) in [5, 5.41) is 6.65. The topological polar surface area (TPSA) is 67.8 Å². The number of aromatic nitrogens is 1. The average molecular weight is 498 g/mol. The molecule has 0 spiro atoms. The molecule has 0 amide bonds. The highest BCUT2D eigenvalue weighted by Crippen LogP contribution is 2.22. The van der Waals surface area contributed by atoms with Crippen LogP contribution in [-0.4, -0.2) is 31.2 Å². The first-order valence-electron chi connectivity index (χ1n) is 9.25. The quantitative estimate of drug-likeness (QED) is 0.327. The summed E-state index contributed by atoms with van der Waals surface area (Å²) in [7, 11) is 3.37. The normalized spacial score (nSPS) is 12.0. The van der Waals surface area contributed by atoms with E-state index in [4.69, 9.17) is 9.47 Å². The first kappa shape index (κ1) is 24.0. The lowest BCUT2D eigenvalue weighted by Crippen LogP contribution is -2.36. The van der Waals surface area contributed by atoms with Crippen molar-refractivity contribution in [3.05, 3.63) is 53.2 Å². The van der Waals surface area contributed by atoms with Crippen molar-refractivity contribution in [3.8, 4) is 11.6 Å². The highest BCUT2D eigenvalue weighted by Gasteiger charge is 2.09. The van der Waals surface area contributed by atoms with Gasteiger partial charge in [-0.2, -0.15) is 0 Å². The van der Waals surface area contributed by atoms with Crippen LogP contribution in [0, 0.1) is 6.92 Å². The lowest BCUT2D eigenvalue weighted by molar-refractivity contribution is 0.215. The zero-order valence-electron chi connectivity index (χ0n) is 17.3. The summed E-state index contributed by atoms with van der Waals surface area (Å²) in [6.07, 6.45) is 2.89. The summed E-state index contributed by atoms with van der Waals surface area (Å²) >= 11 is 0. The van der Waals surface area contributed by atoms with Crippen molar-refractivity contribution in [2.24, 2.45) is 4.99 Å². The Labute approximate surface area is 185 Å². The van der Waals surface area contributed by atoms with E-state index in [1.807, 2.05) is 12.1 Å². The molecule has 1 aromatic carbocycles. The third-order valence-corrected chi connectivity index (χ3v) is 4.26. The second kappa shape index (κ2) is 12.4. The molecular formula is C21H31IN4O2. The van der Waals surface area contributed by atoms with E-state index in [9.17, 15) is 0 Å². The van der Waals surface area contributed by atoms with E-state index in [0.29, 0.717) is 19.0 Å². The maximum absolute atomic E-state index is 6.08. The minimum Gasteiger partial charge on any atom is -0.490 e. The highest BCUT2D eigenvalue weighted by atomic mass is 127. The van der Waals surface area contributed by atoms with E-state index in [1.165, 1.54) is 5.56 Å². The standard InChI is InChI=1S/C21H30N4O2.HI/c1-6-16(3)27-19-11-15(2)7-8-18(19)14-25-21(22-4)24-13-17-9-10-23-20(12-17)26-5;/h7-12,16H,6,13-14H2,1-5H3,(H2,22,24,25);1H. The third-order valence-electron chi connectivity index (χ3n) is 4.26. The molecule has 1 heterocycles. The van der Waals surface area contributed by atoms with Gasteiger partial charge in [-0.3, -0.25) is 4.99 Å². The van der Waals surface area contributed by atoms with Crippen molar-refractivity contribution in [2.45, 2.75) is 46.4 Å². The Bertz CT molecular complexity index is 768. The number of nitrogens with one attached hydrogen (secondary N) is 2. The predicted molar refractivity (Wildman–Crippen MR) is 125 cm³/mol. The number of pyridine rings is 1. The maximum Gasteiger partial charge on any atom is 0.213 e. The van der Waals surface area contributed by atoms with Gasteiger partial charge in [0.05, 0.1) is 13.2 Å². The molecule has 7 heteroatoms. The summed E-state index contributed by atoms with van der Waals surface area (Å²) in [5.74, 6) is 2.25. The van der Waals surface area contributed by atoms with Crippen LogP contribution >= 0.6 is 24.0 Å². The molecule has 1 aromatic heterocycles. The minimum absolute atomic E-state index is 0. The Morgan fingerprint density at radius 2 is 1.93 bits per heavy atom. The molecule has 2 N–H and O–H groups in total. The van der Waals surface area contributed by atoms with Crippen molar-refractivity contribution in [3.63, 3.8) is 0 Å². The second-order valence-corrected chi connectivity index (χ2v) is 6.43. The Morgan fingerprint density at radius 1 is 1.18 bits per heavy atom. The summed E-state index contributed by atoms with van der Waals surface area (Å²) in [6, 6.07) is 10.1. The number of methoxy groups -OCH3 is 1. The number of aryl methyl sites for hydroxylation is 1. The monoisotopic (exact) mass is 498 g/mol. The molecule has 28 heavy (non-hydrogen) atoms. The molecule has 2 aromatic rings. The summed E-state index contributed by atoms with van der Waals surface area (Å²) in [4.78, 5) is 8.41. The molecule has 0 aliphatic rings. The number of aliphatic imine (C=N–C) groups is 1. The Balaban J connectivity index is 0.00000392. The van der Waals surface area contributed by atoms with Gasteiger partial charge in [0.25, 0.3) is 0 Å². The molecule has 6 nitrogen and oxygen atoms in total. The van der Waals surface area contributed by atoms with Crippen LogP contribution in [0.25, 0.3) is 0 Å². The molecule has 0 bridgehead atoms. The first-order valence-corrected chi connectivity index (χ1v) is 9.25. The highest BCUT2D eigenvalue weighted by molar-refractivity contribution is 14.0. The van der Waals surface area contributed by atoms with Gasteiger partial charge in [0, 0.05) is 38.0 Å². The van der Waals surface area contributed by atoms with Gasteiger partial charge >= 0.3 is 0 Å².